The molecule has 0 aliphatic carbocycles. The quantitative estimate of drug-likeness (QED) is 0.108. The van der Waals surface area contributed by atoms with E-state index in [0.717, 1.165) is 30.0 Å². The Morgan fingerprint density at radius 1 is 1.26 bits per heavy atom. The average Bonchev–Trinajstić information content (AvgIpc) is 3.28. The Morgan fingerprint density at radius 2 is 1.97 bits per heavy atom. The third kappa shape index (κ3) is 6.80. The summed E-state index contributed by atoms with van der Waals surface area (Å²) in [4.78, 5) is 16.5. The van der Waals surface area contributed by atoms with Gasteiger partial charge < -0.3 is 5.32 Å². The van der Waals surface area contributed by atoms with Crippen molar-refractivity contribution in [3.63, 3.8) is 0 Å². The van der Waals surface area contributed by atoms with Crippen LogP contribution >= 0.6 is 11.8 Å². The lowest BCUT2D eigenvalue weighted by atomic mass is 10.2. The van der Waals surface area contributed by atoms with Gasteiger partial charge in [-0.15, -0.1) is 0 Å². The molecule has 1 unspecified atom stereocenters. The van der Waals surface area contributed by atoms with Gasteiger partial charge in [-0.25, -0.2) is 31.8 Å². The van der Waals surface area contributed by atoms with Crippen molar-refractivity contribution >= 4 is 38.9 Å². The Morgan fingerprint density at radius 3 is 2.60 bits per heavy atom. The number of benzene rings is 2. The van der Waals surface area contributed by atoms with Crippen LogP contribution in [0.1, 0.15) is 28.0 Å². The molecule has 0 bridgehead atoms. The molecule has 10 nitrogen and oxygen atoms in total. The maximum Gasteiger partial charge on any atom is 0.266 e. The van der Waals surface area contributed by atoms with Crippen molar-refractivity contribution in [1.29, 1.82) is 4.78 Å². The average molecular weight is 529 g/mol. The van der Waals surface area contributed by atoms with Gasteiger partial charge >= 0.3 is 0 Å². The lowest BCUT2D eigenvalue weighted by molar-refractivity contribution is 0.0956. The summed E-state index contributed by atoms with van der Waals surface area (Å²) in [6.07, 6.45) is -1.76. The first-order valence-electron chi connectivity index (χ1n) is 9.74. The summed E-state index contributed by atoms with van der Waals surface area (Å²) in [6.45, 7) is 0.204. The molecule has 2 aromatic carbocycles. The Bertz CT molecular complexity index is 1330. The molecule has 35 heavy (non-hydrogen) atoms. The van der Waals surface area contributed by atoms with Crippen LogP contribution < -0.4 is 10.8 Å². The molecule has 3 aromatic rings. The van der Waals surface area contributed by atoms with E-state index in [9.17, 15) is 27.4 Å². The molecule has 0 spiro atoms. The van der Waals surface area contributed by atoms with Gasteiger partial charge in [-0.2, -0.15) is 0 Å². The molecule has 1 amide bonds. The molecular weight excluding hydrogens is 509 g/mol. The van der Waals surface area contributed by atoms with Crippen LogP contribution in [0.5, 0.6) is 0 Å². The van der Waals surface area contributed by atoms with Crippen molar-refractivity contribution in [1.82, 2.24) is 21.1 Å². The van der Waals surface area contributed by atoms with Crippen molar-refractivity contribution < 1.29 is 32.0 Å². The molecule has 0 saturated heterocycles. The molecule has 0 aliphatic heterocycles. The highest BCUT2D eigenvalue weighted by Gasteiger charge is 2.19. The molecule has 186 valence electrons. The van der Waals surface area contributed by atoms with Crippen LogP contribution in [-0.4, -0.2) is 50.0 Å². The van der Waals surface area contributed by atoms with E-state index in [1.807, 2.05) is 0 Å². The van der Waals surface area contributed by atoms with Crippen molar-refractivity contribution in [3.8, 4) is 0 Å². The van der Waals surface area contributed by atoms with E-state index < -0.39 is 27.5 Å². The standard InChI is InChI=1S/C20H19F3N6O4S2/c1-35(24,32)13-5-2-11(3-6-13)19(30)25-8-9-34-20-16(28-33-29-20)18(27-31)26-12-4-7-15(21)14(10-12)17(22)23/h2-7,10,17,24,31H,8-9H2,1H3,(H,25,30)(H,26,27). The third-order valence-electron chi connectivity index (χ3n) is 4.44. The first kappa shape index (κ1) is 26.2. The Kier molecular flexibility index (Phi) is 8.48. The number of amides is 1. The van der Waals surface area contributed by atoms with Crippen LogP contribution in [0.25, 0.3) is 0 Å². The lowest BCUT2D eigenvalue weighted by Crippen LogP contribution is -2.26. The van der Waals surface area contributed by atoms with E-state index >= 15 is 0 Å². The number of carbonyl (C=O) groups excluding carboxylic acids is 1. The van der Waals surface area contributed by atoms with Crippen molar-refractivity contribution in [2.24, 2.45) is 4.99 Å². The fourth-order valence-corrected chi connectivity index (χ4v) is 4.14. The molecule has 0 saturated carbocycles. The third-order valence-corrected chi connectivity index (χ3v) is 6.56. The van der Waals surface area contributed by atoms with Crippen molar-refractivity contribution in [3.05, 3.63) is 65.1 Å². The zero-order chi connectivity index (χ0) is 25.6. The highest BCUT2D eigenvalue weighted by atomic mass is 32.2. The number of nitrogens with one attached hydrogen (secondary N) is 3. The molecule has 3 rings (SSSR count). The van der Waals surface area contributed by atoms with Crippen LogP contribution in [0.2, 0.25) is 0 Å². The van der Waals surface area contributed by atoms with E-state index in [2.05, 4.69) is 25.3 Å². The first-order valence-corrected chi connectivity index (χ1v) is 12.7. The smallest absolute Gasteiger partial charge is 0.266 e. The fraction of sp³-hybridized carbons (Fsp3) is 0.200. The summed E-state index contributed by atoms with van der Waals surface area (Å²) in [5.41, 5.74) is 1.18. The molecule has 1 aromatic heterocycles. The minimum absolute atomic E-state index is 0.0270. The van der Waals surface area contributed by atoms with E-state index in [-0.39, 0.29) is 34.7 Å². The van der Waals surface area contributed by atoms with Gasteiger partial charge in [-0.05, 0) is 52.8 Å². The molecule has 0 aliphatic rings. The summed E-state index contributed by atoms with van der Waals surface area (Å²) in [7, 11) is -2.87. The number of nitrogens with zero attached hydrogens (tertiary/aromatic N) is 3. The second kappa shape index (κ2) is 11.3. The Balaban J connectivity index is 1.62. The molecule has 1 heterocycles. The highest BCUT2D eigenvalue weighted by Crippen LogP contribution is 2.27. The number of rotatable bonds is 9. The van der Waals surface area contributed by atoms with Gasteiger partial charge in [0.1, 0.15) is 5.82 Å². The van der Waals surface area contributed by atoms with Crippen LogP contribution in [0.15, 0.2) is 62.0 Å². The minimum Gasteiger partial charge on any atom is -0.351 e. The summed E-state index contributed by atoms with van der Waals surface area (Å²) in [5, 5.41) is 19.7. The number of alkyl halides is 2. The zero-order valence-electron chi connectivity index (χ0n) is 18.0. The fourth-order valence-electron chi connectivity index (χ4n) is 2.73. The summed E-state index contributed by atoms with van der Waals surface area (Å²) in [6, 6.07) is 8.67. The van der Waals surface area contributed by atoms with E-state index in [1.54, 1.807) is 5.48 Å². The monoisotopic (exact) mass is 528 g/mol. The highest BCUT2D eigenvalue weighted by molar-refractivity contribution is 7.99. The predicted molar refractivity (Wildman–Crippen MR) is 121 cm³/mol. The normalized spacial score (nSPS) is 13.5. The first-order chi connectivity index (χ1) is 16.6. The number of hydrogen-bond donors (Lipinski definition) is 4. The Labute approximate surface area is 201 Å². The lowest BCUT2D eigenvalue weighted by Gasteiger charge is -2.07. The summed E-state index contributed by atoms with van der Waals surface area (Å²) >= 11 is 1.10. The van der Waals surface area contributed by atoms with E-state index in [0.29, 0.717) is 16.2 Å². The summed E-state index contributed by atoms with van der Waals surface area (Å²) < 4.78 is 63.3. The van der Waals surface area contributed by atoms with E-state index in [4.69, 9.17) is 4.78 Å². The predicted octanol–water partition coefficient (Wildman–Crippen LogP) is 3.76. The van der Waals surface area contributed by atoms with Crippen LogP contribution in [0.3, 0.4) is 0 Å². The van der Waals surface area contributed by atoms with Crippen molar-refractivity contribution in [2.75, 3.05) is 18.6 Å². The molecular formula is C20H19F3N6O4S2. The van der Waals surface area contributed by atoms with E-state index in [1.165, 1.54) is 30.5 Å². The van der Waals surface area contributed by atoms with Gasteiger partial charge in [0.25, 0.3) is 12.3 Å². The van der Waals surface area contributed by atoms with Gasteiger partial charge in [-0.1, -0.05) is 11.8 Å². The summed E-state index contributed by atoms with van der Waals surface area (Å²) in [5.74, 6) is -1.43. The number of aliphatic imine (C=N–C) groups is 1. The second-order valence-electron chi connectivity index (χ2n) is 6.97. The topological polar surface area (TPSA) is 154 Å². The maximum absolute atomic E-state index is 13.5. The van der Waals surface area contributed by atoms with Crippen LogP contribution in [-0.2, 0) is 9.73 Å². The number of carbonyl (C=O) groups is 1. The van der Waals surface area contributed by atoms with Crippen molar-refractivity contribution in [2.45, 2.75) is 16.3 Å². The van der Waals surface area contributed by atoms with Crippen LogP contribution in [0.4, 0.5) is 18.9 Å². The minimum atomic E-state index is -3.05. The second-order valence-corrected chi connectivity index (χ2v) is 10.2. The number of halogens is 3. The molecule has 0 radical (unpaired) electrons. The Hall–Kier alpha value is -3.43. The number of hydroxylamine groups is 1. The molecule has 15 heteroatoms. The SMILES string of the molecule is CS(=N)(=O)c1ccc(C(=O)NCCSc2nonc2C(=Nc2ccc(F)c(C(F)F)c2)NO)cc1. The van der Waals surface area contributed by atoms with Gasteiger partial charge in [0.15, 0.2) is 16.6 Å². The molecule has 4 N–H and O–H groups in total. The van der Waals surface area contributed by atoms with Gasteiger partial charge in [0.05, 0.1) is 21.0 Å². The number of hydrogen-bond acceptors (Lipinski definition) is 9. The van der Waals surface area contributed by atoms with Gasteiger partial charge in [-0.3, -0.25) is 15.5 Å². The maximum atomic E-state index is 13.5. The zero-order valence-corrected chi connectivity index (χ0v) is 19.6. The number of thioether (sulfide) groups is 1. The molecule has 1 atom stereocenters. The molecule has 0 fully saturated rings. The number of amidine groups is 1. The van der Waals surface area contributed by atoms with Gasteiger partial charge in [0, 0.05) is 29.0 Å². The van der Waals surface area contributed by atoms with Crippen LogP contribution in [0, 0.1) is 10.6 Å². The number of aromatic nitrogens is 2. The van der Waals surface area contributed by atoms with Gasteiger partial charge in [0.2, 0.25) is 0 Å². The largest absolute Gasteiger partial charge is 0.351 e.